The number of nitrogens with one attached hydrogen (secondary N) is 1. The lowest BCUT2D eigenvalue weighted by molar-refractivity contribution is 0.193. The van der Waals surface area contributed by atoms with Crippen LogP contribution in [0.15, 0.2) is 18.3 Å². The number of alkyl halides is 1. The van der Waals surface area contributed by atoms with E-state index in [9.17, 15) is 4.39 Å². The van der Waals surface area contributed by atoms with Gasteiger partial charge < -0.3 is 5.32 Å². The maximum atomic E-state index is 14.1. The normalized spacial score (nSPS) is 27.8. The van der Waals surface area contributed by atoms with E-state index in [-0.39, 0.29) is 0 Å². The van der Waals surface area contributed by atoms with Crippen molar-refractivity contribution in [2.75, 3.05) is 13.1 Å². The van der Waals surface area contributed by atoms with Gasteiger partial charge in [0.1, 0.15) is 0 Å². The molecule has 0 bridgehead atoms. The summed E-state index contributed by atoms with van der Waals surface area (Å²) < 4.78 is 14.1. The number of hydrogen-bond acceptors (Lipinski definition) is 2. The highest BCUT2D eigenvalue weighted by atomic mass is 19.1. The molecular formula is C10H13FN2. The molecule has 0 aromatic carbocycles. The Kier molecular flexibility index (Phi) is 2.04. The second kappa shape index (κ2) is 3.07. The van der Waals surface area contributed by atoms with Gasteiger partial charge in [-0.3, -0.25) is 4.98 Å². The molecule has 2 nitrogen and oxygen atoms in total. The molecule has 0 amide bonds. The molecule has 1 aromatic heterocycles. The maximum Gasteiger partial charge on any atom is 0.151 e. The van der Waals surface area contributed by atoms with Crippen LogP contribution in [0.4, 0.5) is 4.39 Å². The van der Waals surface area contributed by atoms with Gasteiger partial charge in [0.15, 0.2) is 5.67 Å². The molecule has 1 aromatic rings. The van der Waals surface area contributed by atoms with Gasteiger partial charge in [-0.05, 0) is 26.0 Å². The van der Waals surface area contributed by atoms with E-state index in [2.05, 4.69) is 10.3 Å². The zero-order valence-corrected chi connectivity index (χ0v) is 7.68. The van der Waals surface area contributed by atoms with Crippen molar-refractivity contribution < 1.29 is 4.39 Å². The molecule has 2 heterocycles. The van der Waals surface area contributed by atoms with Crippen molar-refractivity contribution in [2.45, 2.75) is 19.0 Å². The van der Waals surface area contributed by atoms with Crippen LogP contribution >= 0.6 is 0 Å². The summed E-state index contributed by atoms with van der Waals surface area (Å²) >= 11 is 0. The predicted octanol–water partition coefficient (Wildman–Crippen LogP) is 1.55. The monoisotopic (exact) mass is 180 g/mol. The molecule has 0 radical (unpaired) electrons. The summed E-state index contributed by atoms with van der Waals surface area (Å²) in [4.78, 5) is 4.10. The van der Waals surface area contributed by atoms with Crippen LogP contribution < -0.4 is 5.32 Å². The van der Waals surface area contributed by atoms with Gasteiger partial charge in [0, 0.05) is 24.0 Å². The van der Waals surface area contributed by atoms with Crippen molar-refractivity contribution in [1.82, 2.24) is 10.3 Å². The van der Waals surface area contributed by atoms with Gasteiger partial charge in [-0.15, -0.1) is 0 Å². The predicted molar refractivity (Wildman–Crippen MR) is 49.2 cm³/mol. The molecular weight excluding hydrogens is 167 g/mol. The van der Waals surface area contributed by atoms with Crippen LogP contribution in [0.3, 0.4) is 0 Å². The molecule has 0 spiro atoms. The third-order valence-electron chi connectivity index (χ3n) is 2.53. The van der Waals surface area contributed by atoms with Gasteiger partial charge in [0.2, 0.25) is 0 Å². The van der Waals surface area contributed by atoms with Gasteiger partial charge in [-0.2, -0.15) is 0 Å². The van der Waals surface area contributed by atoms with Gasteiger partial charge in [0.05, 0.1) is 0 Å². The minimum atomic E-state index is -1.19. The molecule has 0 saturated carbocycles. The zero-order chi connectivity index (χ0) is 9.31. The first-order valence-corrected chi connectivity index (χ1v) is 4.53. The van der Waals surface area contributed by atoms with Gasteiger partial charge in [-0.1, -0.05) is 6.07 Å². The molecule has 1 aliphatic heterocycles. The van der Waals surface area contributed by atoms with Crippen LogP contribution in [0.5, 0.6) is 0 Å². The average molecular weight is 180 g/mol. The fraction of sp³-hybridized carbons (Fsp3) is 0.500. The van der Waals surface area contributed by atoms with E-state index in [0.717, 1.165) is 12.2 Å². The Hall–Kier alpha value is -0.960. The molecule has 13 heavy (non-hydrogen) atoms. The summed E-state index contributed by atoms with van der Waals surface area (Å²) in [7, 11) is 0. The number of nitrogens with zero attached hydrogens (tertiary/aromatic N) is 1. The first-order valence-electron chi connectivity index (χ1n) is 4.53. The highest BCUT2D eigenvalue weighted by molar-refractivity contribution is 5.22. The lowest BCUT2D eigenvalue weighted by atomic mass is 9.96. The minimum Gasteiger partial charge on any atom is -0.313 e. The first kappa shape index (κ1) is 8.63. The lowest BCUT2D eigenvalue weighted by Gasteiger charge is -2.17. The summed E-state index contributed by atoms with van der Waals surface area (Å²) in [6.45, 7) is 3.07. The molecule has 1 N–H and O–H groups in total. The minimum absolute atomic E-state index is 0.414. The number of aromatic nitrogens is 1. The third-order valence-corrected chi connectivity index (χ3v) is 2.53. The largest absolute Gasteiger partial charge is 0.313 e. The molecule has 0 aliphatic carbocycles. The molecule has 1 saturated heterocycles. The molecule has 1 aliphatic rings. The Morgan fingerprint density at radius 3 is 2.92 bits per heavy atom. The van der Waals surface area contributed by atoms with Gasteiger partial charge in [-0.25, -0.2) is 4.39 Å². The topological polar surface area (TPSA) is 24.9 Å². The Bertz CT molecular complexity index is 288. The summed E-state index contributed by atoms with van der Waals surface area (Å²) in [5.41, 5.74) is 0.433. The Morgan fingerprint density at radius 2 is 2.38 bits per heavy atom. The standard InChI is InChI=1S/C10H13FN2/c1-8-2-3-9(6-13-8)10(11)4-5-12-7-10/h2-3,6,12H,4-5,7H2,1H3. The van der Waals surface area contributed by atoms with Crippen molar-refractivity contribution in [2.24, 2.45) is 0 Å². The summed E-state index contributed by atoms with van der Waals surface area (Å²) in [6.07, 6.45) is 2.19. The highest BCUT2D eigenvalue weighted by Gasteiger charge is 2.35. The Morgan fingerprint density at radius 1 is 1.54 bits per heavy atom. The van der Waals surface area contributed by atoms with Crippen LogP contribution in [0.1, 0.15) is 17.7 Å². The summed E-state index contributed by atoms with van der Waals surface area (Å²) in [5.74, 6) is 0. The van der Waals surface area contributed by atoms with E-state index in [1.54, 1.807) is 6.20 Å². The zero-order valence-electron chi connectivity index (χ0n) is 7.68. The van der Waals surface area contributed by atoms with Crippen LogP contribution in [-0.4, -0.2) is 18.1 Å². The molecule has 1 unspecified atom stereocenters. The lowest BCUT2D eigenvalue weighted by Crippen LogP contribution is -2.23. The molecule has 1 atom stereocenters. The summed E-state index contributed by atoms with van der Waals surface area (Å²) in [6, 6.07) is 3.68. The number of hydrogen-bond donors (Lipinski definition) is 1. The number of rotatable bonds is 1. The van der Waals surface area contributed by atoms with Gasteiger partial charge >= 0.3 is 0 Å². The maximum absolute atomic E-state index is 14.1. The average Bonchev–Trinajstić information content (AvgIpc) is 2.54. The second-order valence-electron chi connectivity index (χ2n) is 3.58. The van der Waals surface area contributed by atoms with E-state index in [0.29, 0.717) is 18.5 Å². The SMILES string of the molecule is Cc1ccc(C2(F)CCNC2)cn1. The van der Waals surface area contributed by atoms with E-state index < -0.39 is 5.67 Å². The fourth-order valence-corrected chi connectivity index (χ4v) is 1.64. The smallest absolute Gasteiger partial charge is 0.151 e. The highest BCUT2D eigenvalue weighted by Crippen LogP contribution is 2.31. The van der Waals surface area contributed by atoms with Crippen LogP contribution in [-0.2, 0) is 5.67 Å². The molecule has 70 valence electrons. The second-order valence-corrected chi connectivity index (χ2v) is 3.58. The first-order chi connectivity index (χ1) is 6.21. The molecule has 2 rings (SSSR count). The van der Waals surface area contributed by atoms with E-state index in [4.69, 9.17) is 0 Å². The number of pyridine rings is 1. The Balaban J connectivity index is 2.29. The third kappa shape index (κ3) is 1.56. The Labute approximate surface area is 77.2 Å². The quantitative estimate of drug-likeness (QED) is 0.709. The van der Waals surface area contributed by atoms with Crippen LogP contribution in [0, 0.1) is 6.92 Å². The number of halogens is 1. The molecule has 3 heteroatoms. The van der Waals surface area contributed by atoms with Crippen molar-refractivity contribution in [1.29, 1.82) is 0 Å². The number of aryl methyl sites for hydroxylation is 1. The van der Waals surface area contributed by atoms with E-state index >= 15 is 0 Å². The van der Waals surface area contributed by atoms with Crippen LogP contribution in [0.25, 0.3) is 0 Å². The van der Waals surface area contributed by atoms with Crippen LogP contribution in [0.2, 0.25) is 0 Å². The fourth-order valence-electron chi connectivity index (χ4n) is 1.64. The summed E-state index contributed by atoms with van der Waals surface area (Å²) in [5, 5.41) is 3.02. The van der Waals surface area contributed by atoms with Crippen molar-refractivity contribution >= 4 is 0 Å². The van der Waals surface area contributed by atoms with E-state index in [1.165, 1.54) is 0 Å². The van der Waals surface area contributed by atoms with Crippen molar-refractivity contribution in [3.05, 3.63) is 29.6 Å². The van der Waals surface area contributed by atoms with Crippen molar-refractivity contribution in [3.63, 3.8) is 0 Å². The van der Waals surface area contributed by atoms with Crippen molar-refractivity contribution in [3.8, 4) is 0 Å². The van der Waals surface area contributed by atoms with E-state index in [1.807, 2.05) is 19.1 Å². The van der Waals surface area contributed by atoms with Gasteiger partial charge in [0.25, 0.3) is 0 Å². The molecule has 1 fully saturated rings.